The maximum Gasteiger partial charge on any atom is 0.184 e. The maximum atomic E-state index is 10.9. The minimum atomic E-state index is -0.183. The van der Waals surface area contributed by atoms with E-state index in [1.165, 1.54) is 0 Å². The molecule has 0 aromatic rings. The summed E-state index contributed by atoms with van der Waals surface area (Å²) in [7, 11) is 0. The van der Waals surface area contributed by atoms with Gasteiger partial charge in [0, 0.05) is 5.92 Å². The van der Waals surface area contributed by atoms with Crippen LogP contribution in [0.4, 0.5) is 0 Å². The molecular weight excluding hydrogens is 180 g/mol. The summed E-state index contributed by atoms with van der Waals surface area (Å²) in [4.78, 5) is 10.9. The van der Waals surface area contributed by atoms with E-state index in [0.29, 0.717) is 5.92 Å². The zero-order valence-electron chi connectivity index (χ0n) is 9.29. The summed E-state index contributed by atoms with van der Waals surface area (Å²) < 4.78 is 10.8. The molecule has 80 valence electrons. The van der Waals surface area contributed by atoms with Gasteiger partial charge in [-0.15, -0.1) is 0 Å². The van der Waals surface area contributed by atoms with E-state index in [4.69, 9.17) is 9.47 Å². The summed E-state index contributed by atoms with van der Waals surface area (Å²) in [5, 5.41) is 0. The van der Waals surface area contributed by atoms with E-state index < -0.39 is 0 Å². The topological polar surface area (TPSA) is 35.5 Å². The van der Waals surface area contributed by atoms with E-state index in [1.54, 1.807) is 0 Å². The summed E-state index contributed by atoms with van der Waals surface area (Å²) >= 11 is 0. The Hall–Kier alpha value is -0.410. The summed E-state index contributed by atoms with van der Waals surface area (Å²) in [6, 6.07) is 0. The second kappa shape index (κ2) is 2.80. The van der Waals surface area contributed by atoms with E-state index in [0.717, 1.165) is 0 Å². The van der Waals surface area contributed by atoms with Crippen LogP contribution >= 0.6 is 0 Å². The smallest absolute Gasteiger partial charge is 0.184 e. The Labute approximate surface area is 84.8 Å². The molecule has 2 aliphatic rings. The molecule has 0 aromatic heterocycles. The number of carbonyl (C=O) groups is 1. The Morgan fingerprint density at radius 1 is 1.07 bits per heavy atom. The Balaban J connectivity index is 2.02. The number of rotatable bonds is 1. The minimum absolute atomic E-state index is 0.0394. The van der Waals surface area contributed by atoms with Crippen LogP contribution in [0.15, 0.2) is 0 Å². The van der Waals surface area contributed by atoms with Crippen LogP contribution in [-0.4, -0.2) is 25.3 Å². The number of ketones is 1. The predicted octanol–water partition coefficient (Wildman–Crippen LogP) is 1.61. The molecule has 0 unspecified atom stereocenters. The van der Waals surface area contributed by atoms with Gasteiger partial charge in [0.15, 0.2) is 12.1 Å². The molecule has 0 N–H and O–H groups in total. The summed E-state index contributed by atoms with van der Waals surface area (Å²) in [6.07, 6.45) is -0.183. The Kier molecular flexibility index (Phi) is 2.02. The Morgan fingerprint density at radius 3 is 1.86 bits per heavy atom. The molecule has 1 heterocycles. The van der Waals surface area contributed by atoms with E-state index in [1.807, 2.05) is 0 Å². The lowest BCUT2D eigenvalue weighted by atomic mass is 10.0. The first kappa shape index (κ1) is 10.1. The third-order valence-corrected chi connectivity index (χ3v) is 4.22. The van der Waals surface area contributed by atoms with Crippen molar-refractivity contribution in [2.45, 2.75) is 34.0 Å². The molecule has 14 heavy (non-hydrogen) atoms. The first-order chi connectivity index (χ1) is 6.37. The lowest BCUT2D eigenvalue weighted by Gasteiger charge is -2.24. The van der Waals surface area contributed by atoms with Crippen molar-refractivity contribution in [3.8, 4) is 0 Å². The lowest BCUT2D eigenvalue weighted by molar-refractivity contribution is -0.197. The zero-order valence-corrected chi connectivity index (χ0v) is 9.29. The van der Waals surface area contributed by atoms with Crippen LogP contribution in [0.25, 0.3) is 0 Å². The summed E-state index contributed by atoms with van der Waals surface area (Å²) in [5.74, 6) is 0.445. The van der Waals surface area contributed by atoms with E-state index in [-0.39, 0.29) is 36.1 Å². The van der Waals surface area contributed by atoms with Gasteiger partial charge in [-0.25, -0.2) is 0 Å². The molecule has 1 aliphatic heterocycles. The molecule has 0 atom stereocenters. The standard InChI is InChI=1S/C11H18O3/c1-10(2)8(11(10,3)4)9-13-5-7(12)6-14-9/h8-9H,5-6H2,1-4H3. The molecule has 0 spiro atoms. The fraction of sp³-hybridized carbons (Fsp3) is 0.909. The average Bonchev–Trinajstić information content (AvgIpc) is 2.46. The van der Waals surface area contributed by atoms with Crippen LogP contribution in [0.1, 0.15) is 27.7 Å². The van der Waals surface area contributed by atoms with Gasteiger partial charge in [0.1, 0.15) is 13.2 Å². The second-order valence-corrected chi connectivity index (χ2v) is 5.45. The highest BCUT2D eigenvalue weighted by Crippen LogP contribution is 2.70. The molecule has 2 rings (SSSR count). The van der Waals surface area contributed by atoms with Crippen molar-refractivity contribution >= 4 is 5.78 Å². The Bertz CT molecular complexity index is 244. The van der Waals surface area contributed by atoms with Crippen molar-refractivity contribution in [3.63, 3.8) is 0 Å². The fourth-order valence-corrected chi connectivity index (χ4v) is 2.56. The highest BCUT2D eigenvalue weighted by molar-refractivity contribution is 5.81. The van der Waals surface area contributed by atoms with E-state index >= 15 is 0 Å². The molecule has 3 nitrogen and oxygen atoms in total. The summed E-state index contributed by atoms with van der Waals surface area (Å²) in [5.41, 5.74) is 0.496. The highest BCUT2D eigenvalue weighted by Gasteiger charge is 2.68. The van der Waals surface area contributed by atoms with Crippen LogP contribution in [0.2, 0.25) is 0 Å². The largest absolute Gasteiger partial charge is 0.344 e. The van der Waals surface area contributed by atoms with Gasteiger partial charge in [0.05, 0.1) is 0 Å². The lowest BCUT2D eigenvalue weighted by Crippen LogP contribution is -2.35. The first-order valence-electron chi connectivity index (χ1n) is 5.12. The monoisotopic (exact) mass is 198 g/mol. The predicted molar refractivity (Wildman–Crippen MR) is 51.8 cm³/mol. The van der Waals surface area contributed by atoms with Crippen molar-refractivity contribution in [2.24, 2.45) is 16.7 Å². The van der Waals surface area contributed by atoms with Gasteiger partial charge >= 0.3 is 0 Å². The van der Waals surface area contributed by atoms with Crippen LogP contribution in [-0.2, 0) is 14.3 Å². The van der Waals surface area contributed by atoms with Gasteiger partial charge in [-0.1, -0.05) is 27.7 Å². The molecule has 2 fully saturated rings. The van der Waals surface area contributed by atoms with Gasteiger partial charge in [0.2, 0.25) is 0 Å². The molecule has 0 amide bonds. The quantitative estimate of drug-likeness (QED) is 0.642. The van der Waals surface area contributed by atoms with Gasteiger partial charge in [-0.05, 0) is 10.8 Å². The number of carbonyl (C=O) groups excluding carboxylic acids is 1. The molecule has 3 heteroatoms. The molecule has 1 saturated heterocycles. The van der Waals surface area contributed by atoms with Crippen LogP contribution < -0.4 is 0 Å². The molecule has 0 radical (unpaired) electrons. The summed E-state index contributed by atoms with van der Waals surface area (Å²) in [6.45, 7) is 9.32. The molecule has 1 aliphatic carbocycles. The Morgan fingerprint density at radius 2 is 1.50 bits per heavy atom. The number of hydrogen-bond donors (Lipinski definition) is 0. The maximum absolute atomic E-state index is 10.9. The normalized spacial score (nSPS) is 31.9. The van der Waals surface area contributed by atoms with Gasteiger partial charge in [-0.3, -0.25) is 4.79 Å². The van der Waals surface area contributed by atoms with Gasteiger partial charge in [-0.2, -0.15) is 0 Å². The molecule has 1 saturated carbocycles. The average molecular weight is 198 g/mol. The van der Waals surface area contributed by atoms with Crippen molar-refractivity contribution in [1.29, 1.82) is 0 Å². The van der Waals surface area contributed by atoms with Gasteiger partial charge < -0.3 is 9.47 Å². The van der Waals surface area contributed by atoms with Gasteiger partial charge in [0.25, 0.3) is 0 Å². The van der Waals surface area contributed by atoms with Crippen molar-refractivity contribution in [1.82, 2.24) is 0 Å². The fourth-order valence-electron chi connectivity index (χ4n) is 2.56. The number of ether oxygens (including phenoxy) is 2. The van der Waals surface area contributed by atoms with Crippen molar-refractivity contribution in [2.75, 3.05) is 13.2 Å². The third kappa shape index (κ3) is 1.22. The third-order valence-electron chi connectivity index (χ3n) is 4.22. The van der Waals surface area contributed by atoms with Crippen LogP contribution in [0.3, 0.4) is 0 Å². The zero-order chi connectivity index (χ0) is 10.6. The van der Waals surface area contributed by atoms with Crippen LogP contribution in [0.5, 0.6) is 0 Å². The molecular formula is C11H18O3. The second-order valence-electron chi connectivity index (χ2n) is 5.45. The van der Waals surface area contributed by atoms with Crippen molar-refractivity contribution in [3.05, 3.63) is 0 Å². The molecule has 0 aromatic carbocycles. The van der Waals surface area contributed by atoms with E-state index in [2.05, 4.69) is 27.7 Å². The molecule has 0 bridgehead atoms. The number of hydrogen-bond acceptors (Lipinski definition) is 3. The highest BCUT2D eigenvalue weighted by atomic mass is 16.7. The SMILES string of the molecule is CC1(C)C(C2OCC(=O)CO2)C1(C)C. The first-order valence-corrected chi connectivity index (χ1v) is 5.12. The van der Waals surface area contributed by atoms with E-state index in [9.17, 15) is 4.79 Å². The van der Waals surface area contributed by atoms with Crippen molar-refractivity contribution < 1.29 is 14.3 Å². The minimum Gasteiger partial charge on any atom is -0.344 e. The number of Topliss-reactive ketones (excluding diaryl/α,β-unsaturated/α-hetero) is 1. The van der Waals surface area contributed by atoms with Crippen LogP contribution in [0, 0.1) is 16.7 Å².